The van der Waals surface area contributed by atoms with Gasteiger partial charge < -0.3 is 4.52 Å². The van der Waals surface area contributed by atoms with Crippen LogP contribution in [0.25, 0.3) is 0 Å². The molecule has 0 spiro atoms. The first-order valence-corrected chi connectivity index (χ1v) is 4.04. The largest absolute Gasteiger partial charge is 0.407 e. The maximum Gasteiger partial charge on any atom is 0.395 e. The molecule has 1 aromatic rings. The van der Waals surface area contributed by atoms with Crippen molar-refractivity contribution in [3.63, 3.8) is 0 Å². The zero-order valence-corrected chi connectivity index (χ0v) is 7.39. The molecule has 0 aromatic heterocycles. The molecule has 0 saturated carbocycles. The molecule has 0 N–H and O–H groups in total. The Bertz CT molecular complexity index is 271. The molecule has 0 radical (unpaired) electrons. The second-order valence-corrected chi connectivity index (χ2v) is 2.77. The lowest BCUT2D eigenvalue weighted by molar-refractivity contribution is 0.523. The van der Waals surface area contributed by atoms with Gasteiger partial charge in [-0.25, -0.2) is 4.57 Å². The molecular weight excluding hydrogens is 159 g/mol. The molecule has 3 heteroatoms. The van der Waals surface area contributed by atoms with E-state index in [1.807, 2.05) is 32.0 Å². The van der Waals surface area contributed by atoms with Gasteiger partial charge in [-0.05, 0) is 25.5 Å². The first-order valence-electron chi connectivity index (χ1n) is 3.31. The Labute approximate surface area is 67.5 Å². The Hall–Kier alpha value is -0.880. The summed E-state index contributed by atoms with van der Waals surface area (Å²) in [5, 5.41) is 0. The van der Waals surface area contributed by atoms with Crippen LogP contribution in [0, 0.1) is 13.8 Å². The normalized spacial score (nSPS) is 10.0. The number of hydrogen-bond acceptors (Lipinski definition) is 2. The highest BCUT2D eigenvalue weighted by Crippen LogP contribution is 2.21. The van der Waals surface area contributed by atoms with E-state index in [4.69, 9.17) is 4.52 Å². The lowest BCUT2D eigenvalue weighted by atomic mass is 10.1. The van der Waals surface area contributed by atoms with Gasteiger partial charge in [-0.15, -0.1) is 0 Å². The predicted octanol–water partition coefficient (Wildman–Crippen LogP) is 2.89. The summed E-state index contributed by atoms with van der Waals surface area (Å²) in [6.07, 6.45) is 0. The standard InChI is InChI=1S/C8H9O2P/c1-6-3-4-8(10-11-9)7(2)5-6/h3-5H,1-2H3. The molecule has 0 atom stereocenters. The summed E-state index contributed by atoms with van der Waals surface area (Å²) in [7, 11) is -0.298. The van der Waals surface area contributed by atoms with Gasteiger partial charge in [0.2, 0.25) is 0 Å². The second-order valence-electron chi connectivity index (χ2n) is 2.43. The molecule has 0 aliphatic heterocycles. The lowest BCUT2D eigenvalue weighted by Crippen LogP contribution is -1.81. The molecule has 58 valence electrons. The van der Waals surface area contributed by atoms with Gasteiger partial charge in [-0.2, -0.15) is 0 Å². The van der Waals surface area contributed by atoms with Crippen molar-refractivity contribution in [2.45, 2.75) is 13.8 Å². The van der Waals surface area contributed by atoms with Crippen LogP contribution in [-0.4, -0.2) is 0 Å². The van der Waals surface area contributed by atoms with E-state index in [1.54, 1.807) is 0 Å². The SMILES string of the molecule is Cc1ccc(OP=O)c(C)c1. The number of hydrogen-bond donors (Lipinski definition) is 0. The molecule has 1 rings (SSSR count). The van der Waals surface area contributed by atoms with Gasteiger partial charge >= 0.3 is 8.69 Å². The van der Waals surface area contributed by atoms with E-state index in [2.05, 4.69) is 0 Å². The lowest BCUT2D eigenvalue weighted by Gasteiger charge is -2.01. The first kappa shape index (κ1) is 8.22. The van der Waals surface area contributed by atoms with E-state index in [1.165, 1.54) is 5.56 Å². The van der Waals surface area contributed by atoms with Crippen molar-refractivity contribution < 1.29 is 9.09 Å². The van der Waals surface area contributed by atoms with Gasteiger partial charge in [0, 0.05) is 0 Å². The molecule has 1 aromatic carbocycles. The van der Waals surface area contributed by atoms with E-state index in [0.717, 1.165) is 5.56 Å². The van der Waals surface area contributed by atoms with Crippen LogP contribution in [0.5, 0.6) is 5.75 Å². The third-order valence-electron chi connectivity index (χ3n) is 1.47. The van der Waals surface area contributed by atoms with Crippen molar-refractivity contribution in [3.05, 3.63) is 29.3 Å². The summed E-state index contributed by atoms with van der Waals surface area (Å²) >= 11 is 0. The summed E-state index contributed by atoms with van der Waals surface area (Å²) in [6, 6.07) is 5.73. The molecular formula is C8H9O2P. The molecule has 0 fully saturated rings. The minimum Gasteiger partial charge on any atom is -0.407 e. The number of rotatable bonds is 2. The summed E-state index contributed by atoms with van der Waals surface area (Å²) in [6.45, 7) is 3.93. The smallest absolute Gasteiger partial charge is 0.395 e. The summed E-state index contributed by atoms with van der Waals surface area (Å²) in [4.78, 5) is 0. The molecule has 0 aliphatic carbocycles. The van der Waals surface area contributed by atoms with Crippen molar-refractivity contribution in [3.8, 4) is 5.75 Å². The van der Waals surface area contributed by atoms with Crippen molar-refractivity contribution in [2.24, 2.45) is 0 Å². The quantitative estimate of drug-likeness (QED) is 0.634. The molecule has 0 saturated heterocycles. The number of benzene rings is 1. The highest BCUT2D eigenvalue weighted by molar-refractivity contribution is 7.17. The molecule has 0 heterocycles. The molecule has 0 bridgehead atoms. The predicted molar refractivity (Wildman–Crippen MR) is 44.2 cm³/mol. The molecule has 11 heavy (non-hydrogen) atoms. The van der Waals surface area contributed by atoms with Crippen LogP contribution >= 0.6 is 8.69 Å². The van der Waals surface area contributed by atoms with E-state index >= 15 is 0 Å². The van der Waals surface area contributed by atoms with Gasteiger partial charge in [0.15, 0.2) is 0 Å². The van der Waals surface area contributed by atoms with Gasteiger partial charge in [-0.1, -0.05) is 17.7 Å². The maximum atomic E-state index is 10.1. The third-order valence-corrected chi connectivity index (χ3v) is 1.74. The highest BCUT2D eigenvalue weighted by Gasteiger charge is 1.97. The van der Waals surface area contributed by atoms with E-state index in [0.29, 0.717) is 5.75 Å². The fourth-order valence-electron chi connectivity index (χ4n) is 0.942. The highest BCUT2D eigenvalue weighted by atomic mass is 31.1. The maximum absolute atomic E-state index is 10.1. The van der Waals surface area contributed by atoms with Crippen LogP contribution in [-0.2, 0) is 4.57 Å². The summed E-state index contributed by atoms with van der Waals surface area (Å²) in [5.74, 6) is 0.673. The topological polar surface area (TPSA) is 26.3 Å². The third kappa shape index (κ3) is 2.02. The summed E-state index contributed by atoms with van der Waals surface area (Å²) in [5.41, 5.74) is 2.19. The van der Waals surface area contributed by atoms with E-state index in [-0.39, 0.29) is 8.69 Å². The first-order chi connectivity index (χ1) is 5.24. The van der Waals surface area contributed by atoms with Crippen molar-refractivity contribution in [2.75, 3.05) is 0 Å². The molecule has 0 amide bonds. The zero-order chi connectivity index (χ0) is 8.27. The fraction of sp³-hybridized carbons (Fsp3) is 0.250. The minimum atomic E-state index is -0.298. The van der Waals surface area contributed by atoms with Crippen LogP contribution in [0.4, 0.5) is 0 Å². The van der Waals surface area contributed by atoms with Gasteiger partial charge in [0.05, 0.1) is 0 Å². The Morgan fingerprint density at radius 3 is 2.64 bits per heavy atom. The summed E-state index contributed by atoms with van der Waals surface area (Å²) < 4.78 is 14.9. The van der Waals surface area contributed by atoms with Crippen LogP contribution in [0.15, 0.2) is 18.2 Å². The number of aryl methyl sites for hydroxylation is 2. The monoisotopic (exact) mass is 168 g/mol. The van der Waals surface area contributed by atoms with Gasteiger partial charge in [0.1, 0.15) is 5.75 Å². The van der Waals surface area contributed by atoms with E-state index < -0.39 is 0 Å². The Morgan fingerprint density at radius 2 is 2.09 bits per heavy atom. The van der Waals surface area contributed by atoms with Crippen molar-refractivity contribution >= 4 is 8.69 Å². The van der Waals surface area contributed by atoms with Crippen LogP contribution < -0.4 is 4.52 Å². The fourth-order valence-corrected chi connectivity index (χ4v) is 1.23. The average Bonchev–Trinajstić information content (AvgIpc) is 1.95. The molecule has 0 unspecified atom stereocenters. The molecule has 0 aliphatic rings. The van der Waals surface area contributed by atoms with Crippen molar-refractivity contribution in [1.82, 2.24) is 0 Å². The van der Waals surface area contributed by atoms with Gasteiger partial charge in [0.25, 0.3) is 0 Å². The molecule has 2 nitrogen and oxygen atoms in total. The zero-order valence-electron chi connectivity index (χ0n) is 6.50. The Morgan fingerprint density at radius 1 is 1.36 bits per heavy atom. The second kappa shape index (κ2) is 3.49. The van der Waals surface area contributed by atoms with Crippen LogP contribution in [0.3, 0.4) is 0 Å². The Kier molecular flexibility index (Phi) is 2.61. The van der Waals surface area contributed by atoms with Crippen LogP contribution in [0.1, 0.15) is 11.1 Å². The average molecular weight is 168 g/mol. The minimum absolute atomic E-state index is 0.298. The van der Waals surface area contributed by atoms with Gasteiger partial charge in [-0.3, -0.25) is 0 Å². The van der Waals surface area contributed by atoms with Crippen molar-refractivity contribution in [1.29, 1.82) is 0 Å². The van der Waals surface area contributed by atoms with E-state index in [9.17, 15) is 4.57 Å². The van der Waals surface area contributed by atoms with Crippen LogP contribution in [0.2, 0.25) is 0 Å². The Balaban J connectivity index is 2.98.